The molecule has 0 radical (unpaired) electrons. The van der Waals surface area contributed by atoms with E-state index in [1.807, 2.05) is 18.9 Å². The van der Waals surface area contributed by atoms with Gasteiger partial charge >= 0.3 is 0 Å². The van der Waals surface area contributed by atoms with Gasteiger partial charge in [-0.05, 0) is 6.42 Å². The molecule has 0 bridgehead atoms. The van der Waals surface area contributed by atoms with Gasteiger partial charge in [0.25, 0.3) is 0 Å². The molecule has 1 aliphatic heterocycles. The first-order valence-corrected chi connectivity index (χ1v) is 4.22. The Morgan fingerprint density at radius 3 is 2.64 bits per heavy atom. The molecule has 1 N–H and O–H groups in total. The van der Waals surface area contributed by atoms with Crippen LogP contribution in [0.1, 0.15) is 19.8 Å². The van der Waals surface area contributed by atoms with E-state index in [0.29, 0.717) is 12.5 Å². The Bertz CT molecular complexity index is 143. The van der Waals surface area contributed by atoms with Crippen molar-refractivity contribution < 1.29 is 4.79 Å². The molecule has 1 heterocycles. The number of hydrogen-bond acceptors (Lipinski definition) is 2. The van der Waals surface area contributed by atoms with Gasteiger partial charge in [0.1, 0.15) is 0 Å². The Morgan fingerprint density at radius 1 is 1.64 bits per heavy atom. The summed E-state index contributed by atoms with van der Waals surface area (Å²) >= 11 is 0. The minimum absolute atomic E-state index is 0.277. The van der Waals surface area contributed by atoms with Gasteiger partial charge in [-0.2, -0.15) is 0 Å². The predicted octanol–water partition coefficient (Wildman–Crippen LogP) is 0.217. The fourth-order valence-electron chi connectivity index (χ4n) is 1.14. The molecule has 1 saturated heterocycles. The van der Waals surface area contributed by atoms with Crippen molar-refractivity contribution in [3.05, 3.63) is 0 Å². The van der Waals surface area contributed by atoms with Gasteiger partial charge in [-0.25, -0.2) is 0 Å². The molecular formula is C8H16N2O. The average molecular weight is 156 g/mol. The van der Waals surface area contributed by atoms with E-state index >= 15 is 0 Å². The minimum atomic E-state index is 0.277. The SMILES string of the molecule is CCCC(=O)N(C)C1CNC1. The minimum Gasteiger partial charge on any atom is -0.340 e. The largest absolute Gasteiger partial charge is 0.340 e. The van der Waals surface area contributed by atoms with Crippen molar-refractivity contribution in [2.24, 2.45) is 0 Å². The van der Waals surface area contributed by atoms with Crippen LogP contribution >= 0.6 is 0 Å². The van der Waals surface area contributed by atoms with Gasteiger partial charge in [0.15, 0.2) is 0 Å². The Kier molecular flexibility index (Phi) is 2.88. The molecule has 0 aromatic rings. The van der Waals surface area contributed by atoms with E-state index in [4.69, 9.17) is 0 Å². The third kappa shape index (κ3) is 1.93. The topological polar surface area (TPSA) is 32.3 Å². The lowest BCUT2D eigenvalue weighted by Gasteiger charge is -2.35. The highest BCUT2D eigenvalue weighted by molar-refractivity contribution is 5.76. The van der Waals surface area contributed by atoms with Crippen LogP contribution in [-0.2, 0) is 4.79 Å². The molecule has 1 amide bonds. The molecule has 0 aliphatic carbocycles. The van der Waals surface area contributed by atoms with Gasteiger partial charge in [-0.3, -0.25) is 4.79 Å². The number of nitrogens with zero attached hydrogens (tertiary/aromatic N) is 1. The number of carbonyl (C=O) groups is 1. The molecule has 0 spiro atoms. The highest BCUT2D eigenvalue weighted by atomic mass is 16.2. The van der Waals surface area contributed by atoms with Gasteiger partial charge in [-0.15, -0.1) is 0 Å². The van der Waals surface area contributed by atoms with Crippen molar-refractivity contribution in [3.8, 4) is 0 Å². The van der Waals surface area contributed by atoms with E-state index in [1.165, 1.54) is 0 Å². The summed E-state index contributed by atoms with van der Waals surface area (Å²) in [4.78, 5) is 13.1. The second-order valence-corrected chi connectivity index (χ2v) is 3.07. The van der Waals surface area contributed by atoms with Crippen LogP contribution in [-0.4, -0.2) is 37.0 Å². The first-order chi connectivity index (χ1) is 5.25. The van der Waals surface area contributed by atoms with Gasteiger partial charge < -0.3 is 10.2 Å². The van der Waals surface area contributed by atoms with Crippen LogP contribution in [0, 0.1) is 0 Å². The maximum Gasteiger partial charge on any atom is 0.222 e. The molecule has 0 atom stereocenters. The van der Waals surface area contributed by atoms with Crippen molar-refractivity contribution in [1.82, 2.24) is 10.2 Å². The van der Waals surface area contributed by atoms with E-state index in [9.17, 15) is 4.79 Å². The Balaban J connectivity index is 2.27. The summed E-state index contributed by atoms with van der Waals surface area (Å²) in [5, 5.41) is 3.15. The van der Waals surface area contributed by atoms with Crippen LogP contribution in [0.25, 0.3) is 0 Å². The Hall–Kier alpha value is -0.570. The molecule has 1 rings (SSSR count). The van der Waals surface area contributed by atoms with Crippen molar-refractivity contribution in [1.29, 1.82) is 0 Å². The fourth-order valence-corrected chi connectivity index (χ4v) is 1.14. The highest BCUT2D eigenvalue weighted by Crippen LogP contribution is 2.04. The number of likely N-dealkylation sites (N-methyl/N-ethyl adjacent to an activating group) is 1. The molecule has 1 fully saturated rings. The maximum absolute atomic E-state index is 11.3. The number of rotatable bonds is 3. The van der Waals surface area contributed by atoms with E-state index < -0.39 is 0 Å². The Labute approximate surface area is 67.8 Å². The number of hydrogen-bond donors (Lipinski definition) is 1. The molecule has 0 saturated carbocycles. The molecule has 0 unspecified atom stereocenters. The van der Waals surface area contributed by atoms with Crippen LogP contribution < -0.4 is 5.32 Å². The summed E-state index contributed by atoms with van der Waals surface area (Å²) in [5.74, 6) is 0.277. The Morgan fingerprint density at radius 2 is 2.27 bits per heavy atom. The lowest BCUT2D eigenvalue weighted by atomic mass is 10.1. The van der Waals surface area contributed by atoms with Crippen LogP contribution in [0.4, 0.5) is 0 Å². The van der Waals surface area contributed by atoms with Gasteiger partial charge in [-0.1, -0.05) is 6.92 Å². The second kappa shape index (κ2) is 3.72. The molecule has 64 valence electrons. The van der Waals surface area contributed by atoms with E-state index in [2.05, 4.69) is 5.32 Å². The summed E-state index contributed by atoms with van der Waals surface area (Å²) in [6, 6.07) is 0.453. The fraction of sp³-hybridized carbons (Fsp3) is 0.875. The average Bonchev–Trinajstić information content (AvgIpc) is 1.84. The predicted molar refractivity (Wildman–Crippen MR) is 44.3 cm³/mol. The second-order valence-electron chi connectivity index (χ2n) is 3.07. The zero-order valence-electron chi connectivity index (χ0n) is 7.26. The lowest BCUT2D eigenvalue weighted by molar-refractivity contribution is -0.132. The van der Waals surface area contributed by atoms with E-state index in [0.717, 1.165) is 19.5 Å². The molecule has 3 heteroatoms. The summed E-state index contributed by atoms with van der Waals surface area (Å²) < 4.78 is 0. The molecule has 1 aliphatic rings. The van der Waals surface area contributed by atoms with Gasteiger partial charge in [0, 0.05) is 26.6 Å². The van der Waals surface area contributed by atoms with Crippen molar-refractivity contribution in [3.63, 3.8) is 0 Å². The van der Waals surface area contributed by atoms with E-state index in [1.54, 1.807) is 0 Å². The lowest BCUT2D eigenvalue weighted by Crippen LogP contribution is -2.57. The van der Waals surface area contributed by atoms with Crippen molar-refractivity contribution >= 4 is 5.91 Å². The highest BCUT2D eigenvalue weighted by Gasteiger charge is 2.24. The zero-order chi connectivity index (χ0) is 8.27. The summed E-state index contributed by atoms with van der Waals surface area (Å²) in [5.41, 5.74) is 0. The molecule has 11 heavy (non-hydrogen) atoms. The van der Waals surface area contributed by atoms with E-state index in [-0.39, 0.29) is 5.91 Å². The maximum atomic E-state index is 11.3. The number of nitrogens with one attached hydrogen (secondary N) is 1. The third-order valence-electron chi connectivity index (χ3n) is 2.16. The first kappa shape index (κ1) is 8.53. The van der Waals surface area contributed by atoms with Crippen LogP contribution in [0.2, 0.25) is 0 Å². The van der Waals surface area contributed by atoms with Crippen molar-refractivity contribution in [2.45, 2.75) is 25.8 Å². The third-order valence-corrected chi connectivity index (χ3v) is 2.16. The summed E-state index contributed by atoms with van der Waals surface area (Å²) in [7, 11) is 1.89. The number of amides is 1. The van der Waals surface area contributed by atoms with Crippen LogP contribution in [0.15, 0.2) is 0 Å². The molecule has 3 nitrogen and oxygen atoms in total. The van der Waals surface area contributed by atoms with Crippen molar-refractivity contribution in [2.75, 3.05) is 20.1 Å². The van der Waals surface area contributed by atoms with Crippen LogP contribution in [0.5, 0.6) is 0 Å². The monoisotopic (exact) mass is 156 g/mol. The first-order valence-electron chi connectivity index (χ1n) is 4.22. The quantitative estimate of drug-likeness (QED) is 0.634. The standard InChI is InChI=1S/C8H16N2O/c1-3-4-8(11)10(2)7-5-9-6-7/h7,9H,3-6H2,1-2H3. The van der Waals surface area contributed by atoms with Gasteiger partial charge in [0.2, 0.25) is 5.91 Å². The summed E-state index contributed by atoms with van der Waals surface area (Å²) in [6.07, 6.45) is 1.64. The van der Waals surface area contributed by atoms with Gasteiger partial charge in [0.05, 0.1) is 6.04 Å². The summed E-state index contributed by atoms with van der Waals surface area (Å²) in [6.45, 7) is 3.96. The molecular weight excluding hydrogens is 140 g/mol. The van der Waals surface area contributed by atoms with Crippen LogP contribution in [0.3, 0.4) is 0 Å². The molecule has 0 aromatic heterocycles. The smallest absolute Gasteiger partial charge is 0.222 e. The number of carbonyl (C=O) groups excluding carboxylic acids is 1. The zero-order valence-corrected chi connectivity index (χ0v) is 7.26. The molecule has 0 aromatic carbocycles. The normalized spacial score (nSPS) is 17.6.